The molecule has 2 aromatic rings. The highest BCUT2D eigenvalue weighted by Gasteiger charge is 2.13. The van der Waals surface area contributed by atoms with Crippen LogP contribution in [-0.4, -0.2) is 15.0 Å². The number of furan rings is 1. The van der Waals surface area contributed by atoms with E-state index in [9.17, 15) is 8.42 Å². The minimum Gasteiger partial charge on any atom is -0.447 e. The highest BCUT2D eigenvalue weighted by atomic mass is 32.2. The van der Waals surface area contributed by atoms with Gasteiger partial charge in [0.15, 0.2) is 0 Å². The molecular formula is C14H18N2O3S. The van der Waals surface area contributed by atoms with Gasteiger partial charge in [-0.2, -0.15) is 0 Å². The molecule has 0 fully saturated rings. The van der Waals surface area contributed by atoms with Crippen molar-refractivity contribution >= 4 is 10.0 Å². The maximum atomic E-state index is 11.1. The molecule has 0 radical (unpaired) electrons. The Bertz CT molecular complexity index is 650. The van der Waals surface area contributed by atoms with Crippen LogP contribution >= 0.6 is 0 Å². The Kier molecular flexibility index (Phi) is 4.59. The molecule has 1 aromatic carbocycles. The Hall–Kier alpha value is -1.63. The Labute approximate surface area is 118 Å². The van der Waals surface area contributed by atoms with Crippen molar-refractivity contribution in [3.05, 3.63) is 53.8 Å². The number of hydrogen-bond acceptors (Lipinski definition) is 4. The van der Waals surface area contributed by atoms with E-state index in [1.54, 1.807) is 6.07 Å². The fourth-order valence-electron chi connectivity index (χ4n) is 1.92. The molecule has 0 aliphatic heterocycles. The Balaban J connectivity index is 1.86. The molecule has 3 N–H and O–H groups in total. The van der Waals surface area contributed by atoms with Crippen LogP contribution in [0.15, 0.2) is 52.0 Å². The monoisotopic (exact) mass is 294 g/mol. The van der Waals surface area contributed by atoms with Gasteiger partial charge in [-0.15, -0.1) is 0 Å². The standard InChI is InChI=1S/C14H18N2O3S/c1-11(12-5-3-2-4-6-12)9-16-10-13-7-8-14(19-13)20(15,17)18/h2-8,11,16H,9-10H2,1H3,(H2,15,17,18). The van der Waals surface area contributed by atoms with E-state index >= 15 is 0 Å². The van der Waals surface area contributed by atoms with Gasteiger partial charge in [-0.05, 0) is 23.6 Å². The molecule has 0 saturated heterocycles. The van der Waals surface area contributed by atoms with Crippen molar-refractivity contribution in [3.63, 3.8) is 0 Å². The van der Waals surface area contributed by atoms with Crippen LogP contribution in [0.3, 0.4) is 0 Å². The predicted molar refractivity (Wildman–Crippen MR) is 76.6 cm³/mol. The maximum absolute atomic E-state index is 11.1. The average molecular weight is 294 g/mol. The Morgan fingerprint density at radius 2 is 1.90 bits per heavy atom. The molecule has 0 aliphatic carbocycles. The van der Waals surface area contributed by atoms with E-state index in [1.165, 1.54) is 11.6 Å². The summed E-state index contributed by atoms with van der Waals surface area (Å²) in [7, 11) is -3.76. The van der Waals surface area contributed by atoms with Gasteiger partial charge >= 0.3 is 0 Å². The van der Waals surface area contributed by atoms with Crippen molar-refractivity contribution in [1.29, 1.82) is 0 Å². The molecule has 5 nitrogen and oxygen atoms in total. The first-order valence-corrected chi connectivity index (χ1v) is 7.88. The third kappa shape index (κ3) is 3.93. The second-order valence-electron chi connectivity index (χ2n) is 4.71. The molecule has 0 saturated carbocycles. The molecule has 1 unspecified atom stereocenters. The quantitative estimate of drug-likeness (QED) is 0.851. The van der Waals surface area contributed by atoms with Crippen LogP contribution in [0, 0.1) is 0 Å². The average Bonchev–Trinajstić information content (AvgIpc) is 2.88. The summed E-state index contributed by atoms with van der Waals surface area (Å²) in [5.74, 6) is 0.915. The zero-order valence-corrected chi connectivity index (χ0v) is 12.1. The second-order valence-corrected chi connectivity index (χ2v) is 6.20. The predicted octanol–water partition coefficient (Wildman–Crippen LogP) is 1.82. The molecule has 108 valence electrons. The van der Waals surface area contributed by atoms with E-state index < -0.39 is 10.0 Å². The van der Waals surface area contributed by atoms with Crippen LogP contribution in [0.1, 0.15) is 24.2 Å². The summed E-state index contributed by atoms with van der Waals surface area (Å²) in [4.78, 5) is 0. The molecule has 0 spiro atoms. The van der Waals surface area contributed by atoms with Crippen LogP contribution < -0.4 is 10.5 Å². The number of rotatable bonds is 6. The van der Waals surface area contributed by atoms with Crippen molar-refractivity contribution in [2.75, 3.05) is 6.54 Å². The van der Waals surface area contributed by atoms with Gasteiger partial charge in [0.05, 0.1) is 6.54 Å². The largest absolute Gasteiger partial charge is 0.447 e. The summed E-state index contributed by atoms with van der Waals surface area (Å²) >= 11 is 0. The lowest BCUT2D eigenvalue weighted by Crippen LogP contribution is -2.19. The summed E-state index contributed by atoms with van der Waals surface area (Å²) in [6.45, 7) is 3.36. The van der Waals surface area contributed by atoms with E-state index in [1.807, 2.05) is 18.2 Å². The van der Waals surface area contributed by atoms with Crippen LogP contribution in [-0.2, 0) is 16.6 Å². The first kappa shape index (κ1) is 14.8. The first-order chi connectivity index (χ1) is 9.47. The molecule has 1 aromatic heterocycles. The summed E-state index contributed by atoms with van der Waals surface area (Å²) in [5, 5.41) is 8.01. The smallest absolute Gasteiger partial charge is 0.271 e. The van der Waals surface area contributed by atoms with E-state index in [-0.39, 0.29) is 5.09 Å². The summed E-state index contributed by atoms with van der Waals surface area (Å²) in [6, 6.07) is 13.2. The summed E-state index contributed by atoms with van der Waals surface area (Å²) < 4.78 is 27.3. The number of nitrogens with one attached hydrogen (secondary N) is 1. The summed E-state index contributed by atoms with van der Waals surface area (Å²) in [5.41, 5.74) is 1.25. The van der Waals surface area contributed by atoms with Crippen LogP contribution in [0.4, 0.5) is 0 Å². The van der Waals surface area contributed by atoms with E-state index in [2.05, 4.69) is 24.4 Å². The third-order valence-corrected chi connectivity index (χ3v) is 3.82. The van der Waals surface area contributed by atoms with Gasteiger partial charge in [-0.25, -0.2) is 13.6 Å². The lowest BCUT2D eigenvalue weighted by molar-refractivity contribution is 0.400. The molecule has 0 bridgehead atoms. The van der Waals surface area contributed by atoms with Crippen molar-refractivity contribution in [1.82, 2.24) is 5.32 Å². The van der Waals surface area contributed by atoms with Crippen molar-refractivity contribution < 1.29 is 12.8 Å². The number of hydrogen-bond donors (Lipinski definition) is 2. The van der Waals surface area contributed by atoms with Gasteiger partial charge in [0.2, 0.25) is 5.09 Å². The van der Waals surface area contributed by atoms with Crippen LogP contribution in [0.25, 0.3) is 0 Å². The number of benzene rings is 1. The summed E-state index contributed by atoms with van der Waals surface area (Å²) in [6.07, 6.45) is 0. The van der Waals surface area contributed by atoms with E-state index in [0.717, 1.165) is 6.54 Å². The molecule has 6 heteroatoms. The molecule has 2 rings (SSSR count). The lowest BCUT2D eigenvalue weighted by Gasteiger charge is -2.12. The molecule has 1 heterocycles. The van der Waals surface area contributed by atoms with Crippen LogP contribution in [0.2, 0.25) is 0 Å². The minimum atomic E-state index is -3.76. The number of sulfonamides is 1. The Morgan fingerprint density at radius 1 is 1.20 bits per heavy atom. The van der Waals surface area contributed by atoms with Gasteiger partial charge in [0.1, 0.15) is 5.76 Å². The van der Waals surface area contributed by atoms with Gasteiger partial charge in [0.25, 0.3) is 10.0 Å². The molecule has 0 amide bonds. The van der Waals surface area contributed by atoms with Gasteiger partial charge < -0.3 is 9.73 Å². The van der Waals surface area contributed by atoms with E-state index in [0.29, 0.717) is 18.2 Å². The van der Waals surface area contributed by atoms with Crippen molar-refractivity contribution in [2.45, 2.75) is 24.5 Å². The van der Waals surface area contributed by atoms with Gasteiger partial charge in [-0.3, -0.25) is 0 Å². The van der Waals surface area contributed by atoms with E-state index in [4.69, 9.17) is 9.56 Å². The lowest BCUT2D eigenvalue weighted by atomic mass is 10.0. The van der Waals surface area contributed by atoms with Crippen molar-refractivity contribution in [3.8, 4) is 0 Å². The molecule has 20 heavy (non-hydrogen) atoms. The zero-order valence-electron chi connectivity index (χ0n) is 11.2. The number of nitrogens with two attached hydrogens (primary N) is 1. The fraction of sp³-hybridized carbons (Fsp3) is 0.286. The highest BCUT2D eigenvalue weighted by Crippen LogP contribution is 2.14. The zero-order chi connectivity index (χ0) is 14.6. The second kappa shape index (κ2) is 6.21. The SMILES string of the molecule is CC(CNCc1ccc(S(N)(=O)=O)o1)c1ccccc1. The fourth-order valence-corrected chi connectivity index (χ4v) is 2.40. The third-order valence-electron chi connectivity index (χ3n) is 3.04. The van der Waals surface area contributed by atoms with Gasteiger partial charge in [0, 0.05) is 6.54 Å². The van der Waals surface area contributed by atoms with Crippen LogP contribution in [0.5, 0.6) is 0 Å². The molecule has 0 aliphatic rings. The molecular weight excluding hydrogens is 276 g/mol. The minimum absolute atomic E-state index is 0.203. The normalized spacial score (nSPS) is 13.3. The first-order valence-electron chi connectivity index (χ1n) is 6.34. The van der Waals surface area contributed by atoms with Crippen molar-refractivity contribution in [2.24, 2.45) is 5.14 Å². The highest BCUT2D eigenvalue weighted by molar-refractivity contribution is 7.89. The Morgan fingerprint density at radius 3 is 2.50 bits per heavy atom. The van der Waals surface area contributed by atoms with Gasteiger partial charge in [-0.1, -0.05) is 37.3 Å². The maximum Gasteiger partial charge on any atom is 0.271 e. The number of primary sulfonamides is 1. The molecule has 1 atom stereocenters. The topological polar surface area (TPSA) is 85.3 Å².